The van der Waals surface area contributed by atoms with Crippen LogP contribution in [0.5, 0.6) is 0 Å². The molecule has 1 N–H and O–H groups in total. The van der Waals surface area contributed by atoms with Crippen LogP contribution in [-0.2, 0) is 6.42 Å². The monoisotopic (exact) mass is 189 g/mol. The summed E-state index contributed by atoms with van der Waals surface area (Å²) in [6.07, 6.45) is 1.06. The molecule has 0 aromatic heterocycles. The molecule has 14 heavy (non-hydrogen) atoms. The lowest BCUT2D eigenvalue weighted by Crippen LogP contribution is -2.14. The fourth-order valence-electron chi connectivity index (χ4n) is 1.45. The zero-order valence-corrected chi connectivity index (χ0v) is 9.30. The molecule has 1 rings (SSSR count). The van der Waals surface area contributed by atoms with Crippen molar-refractivity contribution in [2.24, 2.45) is 5.92 Å². The largest absolute Gasteiger partial charge is 0.392 e. The standard InChI is InChI=1S/C13H19N/c1-10-5-7-13(8-6-10)9-11(2)12(3)14-4/h5-8,11,14H,3,9H2,1-2,4H3/t11-/m1/s1. The van der Waals surface area contributed by atoms with Crippen molar-refractivity contribution in [2.75, 3.05) is 7.05 Å². The molecule has 0 aliphatic rings. The molecule has 76 valence electrons. The molecular formula is C13H19N. The number of allylic oxidation sites excluding steroid dienone is 1. The third-order valence-corrected chi connectivity index (χ3v) is 2.58. The normalized spacial score (nSPS) is 12.2. The first-order valence-electron chi connectivity index (χ1n) is 5.05. The fraction of sp³-hybridized carbons (Fsp3) is 0.385. The van der Waals surface area contributed by atoms with Crippen molar-refractivity contribution in [1.82, 2.24) is 5.32 Å². The molecule has 0 heterocycles. The van der Waals surface area contributed by atoms with Crippen LogP contribution in [0.1, 0.15) is 18.1 Å². The van der Waals surface area contributed by atoms with Crippen molar-refractivity contribution in [2.45, 2.75) is 20.3 Å². The summed E-state index contributed by atoms with van der Waals surface area (Å²) < 4.78 is 0. The smallest absolute Gasteiger partial charge is 0.00631 e. The van der Waals surface area contributed by atoms with Gasteiger partial charge in [0, 0.05) is 12.7 Å². The third-order valence-electron chi connectivity index (χ3n) is 2.58. The highest BCUT2D eigenvalue weighted by atomic mass is 14.8. The Bertz CT molecular complexity index is 298. The van der Waals surface area contributed by atoms with Crippen molar-refractivity contribution in [3.63, 3.8) is 0 Å². The van der Waals surface area contributed by atoms with E-state index in [4.69, 9.17) is 0 Å². The number of nitrogens with one attached hydrogen (secondary N) is 1. The van der Waals surface area contributed by atoms with E-state index in [2.05, 4.69) is 50.0 Å². The molecular weight excluding hydrogens is 170 g/mol. The van der Waals surface area contributed by atoms with Crippen LogP contribution in [0.4, 0.5) is 0 Å². The average Bonchev–Trinajstić information content (AvgIpc) is 2.20. The van der Waals surface area contributed by atoms with Crippen LogP contribution >= 0.6 is 0 Å². The minimum Gasteiger partial charge on any atom is -0.392 e. The van der Waals surface area contributed by atoms with E-state index >= 15 is 0 Å². The Labute approximate surface area is 86.8 Å². The summed E-state index contributed by atoms with van der Waals surface area (Å²) >= 11 is 0. The predicted molar refractivity (Wildman–Crippen MR) is 62.2 cm³/mol. The molecule has 0 spiro atoms. The van der Waals surface area contributed by atoms with Gasteiger partial charge in [0.1, 0.15) is 0 Å². The molecule has 0 unspecified atom stereocenters. The first-order valence-corrected chi connectivity index (χ1v) is 5.05. The van der Waals surface area contributed by atoms with Gasteiger partial charge in [0.05, 0.1) is 0 Å². The molecule has 1 aromatic carbocycles. The lowest BCUT2D eigenvalue weighted by molar-refractivity contribution is 0.633. The van der Waals surface area contributed by atoms with Gasteiger partial charge >= 0.3 is 0 Å². The lowest BCUT2D eigenvalue weighted by atomic mass is 9.98. The van der Waals surface area contributed by atoms with Crippen LogP contribution < -0.4 is 5.32 Å². The van der Waals surface area contributed by atoms with Gasteiger partial charge < -0.3 is 5.32 Å². The zero-order chi connectivity index (χ0) is 10.6. The summed E-state index contributed by atoms with van der Waals surface area (Å²) in [6, 6.07) is 8.69. The van der Waals surface area contributed by atoms with E-state index in [1.54, 1.807) is 0 Å². The van der Waals surface area contributed by atoms with Gasteiger partial charge in [-0.1, -0.05) is 43.3 Å². The molecule has 0 bridgehead atoms. The maximum atomic E-state index is 3.98. The van der Waals surface area contributed by atoms with Gasteiger partial charge in [-0.05, 0) is 24.8 Å². The van der Waals surface area contributed by atoms with Crippen molar-refractivity contribution < 1.29 is 0 Å². The van der Waals surface area contributed by atoms with Crippen molar-refractivity contribution in [3.8, 4) is 0 Å². The van der Waals surface area contributed by atoms with Crippen molar-refractivity contribution in [1.29, 1.82) is 0 Å². The quantitative estimate of drug-likeness (QED) is 0.768. The second kappa shape index (κ2) is 4.85. The Morgan fingerprint density at radius 1 is 1.36 bits per heavy atom. The Morgan fingerprint density at radius 2 is 1.93 bits per heavy atom. The summed E-state index contributed by atoms with van der Waals surface area (Å²) in [4.78, 5) is 0. The van der Waals surface area contributed by atoms with Gasteiger partial charge in [-0.2, -0.15) is 0 Å². The van der Waals surface area contributed by atoms with Crippen LogP contribution in [0.3, 0.4) is 0 Å². The number of rotatable bonds is 4. The highest BCUT2D eigenvalue weighted by Crippen LogP contribution is 2.13. The SMILES string of the molecule is C=C(NC)[C@H](C)Cc1ccc(C)cc1. The topological polar surface area (TPSA) is 12.0 Å². The fourth-order valence-corrected chi connectivity index (χ4v) is 1.45. The summed E-state index contributed by atoms with van der Waals surface area (Å²) in [5.74, 6) is 0.489. The highest BCUT2D eigenvalue weighted by Gasteiger charge is 2.05. The van der Waals surface area contributed by atoms with E-state index in [1.807, 2.05) is 7.05 Å². The number of hydrogen-bond acceptors (Lipinski definition) is 1. The lowest BCUT2D eigenvalue weighted by Gasteiger charge is -2.14. The van der Waals surface area contributed by atoms with Crippen LogP contribution in [0.25, 0.3) is 0 Å². The Balaban J connectivity index is 2.60. The second-order valence-corrected chi connectivity index (χ2v) is 3.87. The maximum absolute atomic E-state index is 3.98. The first kappa shape index (κ1) is 10.8. The van der Waals surface area contributed by atoms with Gasteiger partial charge in [-0.25, -0.2) is 0 Å². The Morgan fingerprint density at radius 3 is 2.43 bits per heavy atom. The molecule has 0 aliphatic carbocycles. The molecule has 0 radical (unpaired) electrons. The third kappa shape index (κ3) is 2.91. The van der Waals surface area contributed by atoms with Crippen LogP contribution in [-0.4, -0.2) is 7.05 Å². The minimum atomic E-state index is 0.489. The average molecular weight is 189 g/mol. The van der Waals surface area contributed by atoms with Gasteiger partial charge in [-0.15, -0.1) is 0 Å². The Kier molecular flexibility index (Phi) is 3.75. The number of hydrogen-bond donors (Lipinski definition) is 1. The Hall–Kier alpha value is -1.24. The predicted octanol–water partition coefficient (Wildman–Crippen LogP) is 2.91. The van der Waals surface area contributed by atoms with Gasteiger partial charge in [0.25, 0.3) is 0 Å². The molecule has 0 fully saturated rings. The minimum absolute atomic E-state index is 0.489. The summed E-state index contributed by atoms with van der Waals surface area (Å²) in [5.41, 5.74) is 3.79. The maximum Gasteiger partial charge on any atom is 0.00631 e. The summed E-state index contributed by atoms with van der Waals surface area (Å²) in [5, 5.41) is 3.10. The van der Waals surface area contributed by atoms with Gasteiger partial charge in [0.2, 0.25) is 0 Å². The molecule has 1 atom stereocenters. The van der Waals surface area contributed by atoms with E-state index in [1.165, 1.54) is 11.1 Å². The van der Waals surface area contributed by atoms with E-state index in [9.17, 15) is 0 Å². The summed E-state index contributed by atoms with van der Waals surface area (Å²) in [6.45, 7) is 8.28. The number of benzene rings is 1. The molecule has 0 aliphatic heterocycles. The van der Waals surface area contributed by atoms with Gasteiger partial charge in [0.15, 0.2) is 0 Å². The van der Waals surface area contributed by atoms with E-state index in [-0.39, 0.29) is 0 Å². The molecule has 0 saturated carbocycles. The molecule has 1 aromatic rings. The first-order chi connectivity index (χ1) is 6.63. The van der Waals surface area contributed by atoms with Crippen molar-refractivity contribution >= 4 is 0 Å². The molecule has 1 heteroatoms. The molecule has 0 amide bonds. The van der Waals surface area contributed by atoms with Crippen LogP contribution in [0.2, 0.25) is 0 Å². The van der Waals surface area contributed by atoms with E-state index < -0.39 is 0 Å². The second-order valence-electron chi connectivity index (χ2n) is 3.87. The molecule has 1 nitrogen and oxygen atoms in total. The van der Waals surface area contributed by atoms with E-state index in [0.29, 0.717) is 5.92 Å². The highest BCUT2D eigenvalue weighted by molar-refractivity contribution is 5.22. The number of aryl methyl sites for hydroxylation is 1. The van der Waals surface area contributed by atoms with Crippen molar-refractivity contribution in [3.05, 3.63) is 47.7 Å². The zero-order valence-electron chi connectivity index (χ0n) is 9.30. The molecule has 0 saturated heterocycles. The van der Waals surface area contributed by atoms with E-state index in [0.717, 1.165) is 12.1 Å². The van der Waals surface area contributed by atoms with Gasteiger partial charge in [-0.3, -0.25) is 0 Å². The van der Waals surface area contributed by atoms with Crippen LogP contribution in [0, 0.1) is 12.8 Å². The summed E-state index contributed by atoms with van der Waals surface area (Å²) in [7, 11) is 1.92. The van der Waals surface area contributed by atoms with Crippen LogP contribution in [0.15, 0.2) is 36.5 Å².